The normalized spacial score (nSPS) is 17.8. The van der Waals surface area contributed by atoms with Gasteiger partial charge < -0.3 is 14.6 Å². The third-order valence-electron chi connectivity index (χ3n) is 4.13. The van der Waals surface area contributed by atoms with Gasteiger partial charge in [-0.25, -0.2) is 0 Å². The summed E-state index contributed by atoms with van der Waals surface area (Å²) in [5.41, 5.74) is 1.27. The standard InChI is InChI=1S/C17H31N3O/c1-5-6-19-7-9-20(10-8-19)13-16-11-15(4)17(21-16)12-18-14(2)3/h11,14,18H,5-10,12-13H2,1-4H3. The van der Waals surface area contributed by atoms with E-state index in [1.807, 2.05) is 0 Å². The van der Waals surface area contributed by atoms with E-state index in [9.17, 15) is 0 Å². The van der Waals surface area contributed by atoms with Crippen LogP contribution in [0.4, 0.5) is 0 Å². The van der Waals surface area contributed by atoms with Gasteiger partial charge in [0.25, 0.3) is 0 Å². The van der Waals surface area contributed by atoms with Crippen LogP contribution in [0.3, 0.4) is 0 Å². The van der Waals surface area contributed by atoms with Gasteiger partial charge in [0.1, 0.15) is 11.5 Å². The number of hydrogen-bond donors (Lipinski definition) is 1. The van der Waals surface area contributed by atoms with E-state index < -0.39 is 0 Å². The van der Waals surface area contributed by atoms with Crippen molar-refractivity contribution in [1.82, 2.24) is 15.1 Å². The average Bonchev–Trinajstić information content (AvgIpc) is 2.79. The Kier molecular flexibility index (Phi) is 6.27. The lowest BCUT2D eigenvalue weighted by Crippen LogP contribution is -2.45. The minimum Gasteiger partial charge on any atom is -0.463 e. The first-order valence-corrected chi connectivity index (χ1v) is 8.34. The van der Waals surface area contributed by atoms with Crippen molar-refractivity contribution < 1.29 is 4.42 Å². The molecule has 0 bridgehead atoms. The monoisotopic (exact) mass is 293 g/mol. The number of hydrogen-bond acceptors (Lipinski definition) is 4. The second-order valence-corrected chi connectivity index (χ2v) is 6.47. The number of piperazine rings is 1. The average molecular weight is 293 g/mol. The van der Waals surface area contributed by atoms with Crippen molar-refractivity contribution in [3.63, 3.8) is 0 Å². The number of rotatable bonds is 7. The largest absolute Gasteiger partial charge is 0.463 e. The van der Waals surface area contributed by atoms with Gasteiger partial charge >= 0.3 is 0 Å². The second kappa shape index (κ2) is 7.97. The molecule has 4 nitrogen and oxygen atoms in total. The molecule has 0 atom stereocenters. The summed E-state index contributed by atoms with van der Waals surface area (Å²) in [6, 6.07) is 2.69. The highest BCUT2D eigenvalue weighted by Crippen LogP contribution is 2.17. The van der Waals surface area contributed by atoms with Gasteiger partial charge in [-0.3, -0.25) is 4.90 Å². The Morgan fingerprint density at radius 2 is 1.86 bits per heavy atom. The topological polar surface area (TPSA) is 31.6 Å². The molecule has 0 saturated carbocycles. The van der Waals surface area contributed by atoms with Crippen molar-refractivity contribution in [2.45, 2.75) is 53.2 Å². The number of nitrogens with one attached hydrogen (secondary N) is 1. The highest BCUT2D eigenvalue weighted by atomic mass is 16.3. The zero-order valence-corrected chi connectivity index (χ0v) is 14.1. The fourth-order valence-corrected chi connectivity index (χ4v) is 2.85. The Labute approximate surface area is 129 Å². The van der Waals surface area contributed by atoms with Crippen molar-refractivity contribution in [2.24, 2.45) is 0 Å². The minimum atomic E-state index is 0.490. The Bertz CT molecular complexity index is 420. The van der Waals surface area contributed by atoms with E-state index >= 15 is 0 Å². The summed E-state index contributed by atoms with van der Waals surface area (Å²) in [5.74, 6) is 2.19. The van der Waals surface area contributed by atoms with Crippen molar-refractivity contribution >= 4 is 0 Å². The zero-order valence-electron chi connectivity index (χ0n) is 14.1. The SMILES string of the molecule is CCCN1CCN(Cc2cc(C)c(CNC(C)C)o2)CC1. The Morgan fingerprint density at radius 1 is 1.19 bits per heavy atom. The molecule has 2 heterocycles. The number of nitrogens with zero attached hydrogens (tertiary/aromatic N) is 2. The zero-order chi connectivity index (χ0) is 15.2. The predicted molar refractivity (Wildman–Crippen MR) is 87.4 cm³/mol. The van der Waals surface area contributed by atoms with Crippen LogP contribution in [0, 0.1) is 6.92 Å². The van der Waals surface area contributed by atoms with Crippen LogP contribution in [0.2, 0.25) is 0 Å². The lowest BCUT2D eigenvalue weighted by Gasteiger charge is -2.33. The third kappa shape index (κ3) is 5.13. The molecule has 1 N–H and O–H groups in total. The van der Waals surface area contributed by atoms with E-state index in [0.717, 1.165) is 37.7 Å². The lowest BCUT2D eigenvalue weighted by molar-refractivity contribution is 0.120. The fraction of sp³-hybridized carbons (Fsp3) is 0.765. The molecule has 0 aromatic carbocycles. The summed E-state index contributed by atoms with van der Waals surface area (Å²) in [6.45, 7) is 16.4. The molecule has 1 saturated heterocycles. The minimum absolute atomic E-state index is 0.490. The first-order valence-electron chi connectivity index (χ1n) is 8.34. The summed E-state index contributed by atoms with van der Waals surface area (Å²) in [6.07, 6.45) is 1.25. The molecule has 2 rings (SSSR count). The van der Waals surface area contributed by atoms with E-state index in [0.29, 0.717) is 6.04 Å². The Hall–Kier alpha value is -0.840. The van der Waals surface area contributed by atoms with Gasteiger partial charge in [0.2, 0.25) is 0 Å². The Morgan fingerprint density at radius 3 is 2.48 bits per heavy atom. The van der Waals surface area contributed by atoms with E-state index in [-0.39, 0.29) is 0 Å². The molecule has 1 aliphatic rings. The van der Waals surface area contributed by atoms with E-state index in [2.05, 4.69) is 48.9 Å². The van der Waals surface area contributed by atoms with Crippen LogP contribution in [-0.2, 0) is 13.1 Å². The molecule has 1 aliphatic heterocycles. The van der Waals surface area contributed by atoms with Crippen LogP contribution in [0.1, 0.15) is 44.3 Å². The van der Waals surface area contributed by atoms with Crippen LogP contribution < -0.4 is 5.32 Å². The third-order valence-corrected chi connectivity index (χ3v) is 4.13. The summed E-state index contributed by atoms with van der Waals surface area (Å²) >= 11 is 0. The van der Waals surface area contributed by atoms with Gasteiger partial charge in [-0.1, -0.05) is 20.8 Å². The maximum atomic E-state index is 6.02. The molecule has 120 valence electrons. The van der Waals surface area contributed by atoms with Crippen molar-refractivity contribution in [3.8, 4) is 0 Å². The van der Waals surface area contributed by atoms with Gasteiger partial charge in [0.15, 0.2) is 0 Å². The molecule has 1 fully saturated rings. The summed E-state index contributed by atoms with van der Waals surface area (Å²) in [4.78, 5) is 5.06. The molecular weight excluding hydrogens is 262 g/mol. The van der Waals surface area contributed by atoms with Gasteiger partial charge in [0.05, 0.1) is 13.1 Å². The molecular formula is C17H31N3O. The number of aryl methyl sites for hydroxylation is 1. The highest BCUT2D eigenvalue weighted by molar-refractivity contribution is 5.20. The molecule has 0 amide bonds. The molecule has 0 aliphatic carbocycles. The molecule has 21 heavy (non-hydrogen) atoms. The van der Waals surface area contributed by atoms with E-state index in [4.69, 9.17) is 4.42 Å². The number of furan rings is 1. The quantitative estimate of drug-likeness (QED) is 0.837. The smallest absolute Gasteiger partial charge is 0.120 e. The fourth-order valence-electron chi connectivity index (χ4n) is 2.85. The van der Waals surface area contributed by atoms with Crippen molar-refractivity contribution in [2.75, 3.05) is 32.7 Å². The van der Waals surface area contributed by atoms with Crippen LogP contribution >= 0.6 is 0 Å². The molecule has 0 unspecified atom stereocenters. The maximum absolute atomic E-state index is 6.02. The molecule has 0 spiro atoms. The van der Waals surface area contributed by atoms with Crippen LogP contribution in [-0.4, -0.2) is 48.6 Å². The van der Waals surface area contributed by atoms with E-state index in [1.54, 1.807) is 0 Å². The molecule has 1 aromatic rings. The van der Waals surface area contributed by atoms with Crippen LogP contribution in [0.15, 0.2) is 10.5 Å². The maximum Gasteiger partial charge on any atom is 0.120 e. The summed E-state index contributed by atoms with van der Waals surface area (Å²) < 4.78 is 6.02. The van der Waals surface area contributed by atoms with Gasteiger partial charge in [-0.2, -0.15) is 0 Å². The first-order chi connectivity index (χ1) is 10.1. The van der Waals surface area contributed by atoms with Gasteiger partial charge in [-0.15, -0.1) is 0 Å². The lowest BCUT2D eigenvalue weighted by atomic mass is 10.2. The summed E-state index contributed by atoms with van der Waals surface area (Å²) in [5, 5.41) is 3.43. The van der Waals surface area contributed by atoms with Crippen LogP contribution in [0.5, 0.6) is 0 Å². The Balaban J connectivity index is 1.82. The summed E-state index contributed by atoms with van der Waals surface area (Å²) in [7, 11) is 0. The van der Waals surface area contributed by atoms with Crippen molar-refractivity contribution in [3.05, 3.63) is 23.2 Å². The second-order valence-electron chi connectivity index (χ2n) is 6.47. The van der Waals surface area contributed by atoms with Gasteiger partial charge in [-0.05, 0) is 31.5 Å². The molecule has 4 heteroatoms. The molecule has 1 aromatic heterocycles. The predicted octanol–water partition coefficient (Wildman–Crippen LogP) is 2.61. The van der Waals surface area contributed by atoms with Crippen molar-refractivity contribution in [1.29, 1.82) is 0 Å². The first kappa shape index (κ1) is 16.5. The highest BCUT2D eigenvalue weighted by Gasteiger charge is 2.18. The van der Waals surface area contributed by atoms with Gasteiger partial charge in [0, 0.05) is 32.2 Å². The molecule has 0 radical (unpaired) electrons. The van der Waals surface area contributed by atoms with Crippen LogP contribution in [0.25, 0.3) is 0 Å². The van der Waals surface area contributed by atoms with E-state index in [1.165, 1.54) is 31.6 Å².